The summed E-state index contributed by atoms with van der Waals surface area (Å²) in [5.74, 6) is -1.43. The Balaban J connectivity index is 2.36. The Hall–Kier alpha value is -2.57. The van der Waals surface area contributed by atoms with Crippen molar-refractivity contribution in [2.24, 2.45) is 0 Å². The molecule has 0 spiro atoms. The maximum absolute atomic E-state index is 11.6. The maximum atomic E-state index is 11.6. The molecule has 19 heavy (non-hydrogen) atoms. The van der Waals surface area contributed by atoms with Crippen LogP contribution in [0.5, 0.6) is 0 Å². The van der Waals surface area contributed by atoms with Gasteiger partial charge in [-0.05, 0) is 24.3 Å². The zero-order chi connectivity index (χ0) is 14.3. The number of nitrogen functional groups attached to an aromatic ring is 1. The van der Waals surface area contributed by atoms with Crippen LogP contribution in [0.2, 0.25) is 0 Å². The quantitative estimate of drug-likeness (QED) is 0.481. The highest BCUT2D eigenvalue weighted by Gasteiger charge is 2.08. The van der Waals surface area contributed by atoms with Crippen LogP contribution in [0.4, 0.5) is 5.69 Å². The molecule has 1 aromatic carbocycles. The Bertz CT molecular complexity index is 470. The topological polar surface area (TPSA) is 111 Å². The van der Waals surface area contributed by atoms with E-state index in [0.717, 1.165) is 0 Å². The lowest BCUT2D eigenvalue weighted by Crippen LogP contribution is -2.39. The Morgan fingerprint density at radius 3 is 2.32 bits per heavy atom. The third kappa shape index (κ3) is 5.07. The number of carbonyl (C=O) groups is 3. The minimum atomic E-state index is -0.557. The van der Waals surface area contributed by atoms with E-state index in [1.807, 2.05) is 0 Å². The molecule has 0 aromatic heterocycles. The van der Waals surface area contributed by atoms with Crippen LogP contribution >= 0.6 is 0 Å². The van der Waals surface area contributed by atoms with Crippen molar-refractivity contribution in [3.63, 3.8) is 0 Å². The number of carbonyl (C=O) groups excluding carboxylic acids is 3. The molecule has 0 fully saturated rings. The lowest BCUT2D eigenvalue weighted by atomic mass is 10.2. The van der Waals surface area contributed by atoms with Gasteiger partial charge in [-0.15, -0.1) is 0 Å². The summed E-state index contributed by atoms with van der Waals surface area (Å²) in [5, 5.41) is 4.72. The molecule has 0 aliphatic heterocycles. The summed E-state index contributed by atoms with van der Waals surface area (Å²) in [6.45, 7) is -0.451. The summed E-state index contributed by atoms with van der Waals surface area (Å²) in [7, 11) is 1.22. The fourth-order valence-corrected chi connectivity index (χ4v) is 1.20. The molecule has 1 aromatic rings. The van der Waals surface area contributed by atoms with Crippen molar-refractivity contribution in [1.29, 1.82) is 0 Å². The van der Waals surface area contributed by atoms with Crippen molar-refractivity contribution in [3.05, 3.63) is 29.8 Å². The van der Waals surface area contributed by atoms with E-state index in [0.29, 0.717) is 11.3 Å². The summed E-state index contributed by atoms with van der Waals surface area (Å²) >= 11 is 0. The van der Waals surface area contributed by atoms with Crippen LogP contribution in [0.3, 0.4) is 0 Å². The Labute approximate surface area is 110 Å². The molecule has 0 saturated carbocycles. The molecule has 7 heteroatoms. The fourth-order valence-electron chi connectivity index (χ4n) is 1.20. The van der Waals surface area contributed by atoms with Crippen molar-refractivity contribution in [3.8, 4) is 0 Å². The van der Waals surface area contributed by atoms with Gasteiger partial charge in [-0.3, -0.25) is 14.4 Å². The zero-order valence-corrected chi connectivity index (χ0v) is 10.4. The number of nitrogens with one attached hydrogen (secondary N) is 2. The van der Waals surface area contributed by atoms with E-state index in [1.165, 1.54) is 7.11 Å². The number of methoxy groups -OCH3 is 1. The predicted octanol–water partition coefficient (Wildman–Crippen LogP) is -0.712. The van der Waals surface area contributed by atoms with Gasteiger partial charge < -0.3 is 21.1 Å². The first-order chi connectivity index (χ1) is 9.02. The van der Waals surface area contributed by atoms with Crippen LogP contribution in [-0.2, 0) is 14.3 Å². The monoisotopic (exact) mass is 265 g/mol. The molecule has 0 radical (unpaired) electrons. The Morgan fingerprint density at radius 2 is 1.74 bits per heavy atom. The Kier molecular flexibility index (Phi) is 5.34. The van der Waals surface area contributed by atoms with E-state index >= 15 is 0 Å². The predicted molar refractivity (Wildman–Crippen MR) is 68.2 cm³/mol. The van der Waals surface area contributed by atoms with Crippen LogP contribution in [0, 0.1) is 0 Å². The summed E-state index contributed by atoms with van der Waals surface area (Å²) in [6.07, 6.45) is 0. The minimum absolute atomic E-state index is 0.222. The second-order valence-electron chi connectivity index (χ2n) is 3.66. The number of ether oxygens (including phenoxy) is 1. The van der Waals surface area contributed by atoms with E-state index < -0.39 is 17.8 Å². The van der Waals surface area contributed by atoms with E-state index in [-0.39, 0.29) is 13.1 Å². The summed E-state index contributed by atoms with van der Waals surface area (Å²) in [5.41, 5.74) is 6.44. The van der Waals surface area contributed by atoms with Gasteiger partial charge in [0.1, 0.15) is 6.54 Å². The van der Waals surface area contributed by atoms with E-state index in [2.05, 4.69) is 15.4 Å². The maximum Gasteiger partial charge on any atom is 0.325 e. The number of anilines is 1. The van der Waals surface area contributed by atoms with Crippen LogP contribution in [0.25, 0.3) is 0 Å². The molecule has 2 amide bonds. The molecule has 1 rings (SSSR count). The number of hydrogen-bond donors (Lipinski definition) is 3. The molecule has 0 bridgehead atoms. The van der Waals surface area contributed by atoms with Crippen molar-refractivity contribution in [1.82, 2.24) is 10.6 Å². The largest absolute Gasteiger partial charge is 0.468 e. The highest BCUT2D eigenvalue weighted by atomic mass is 16.5. The lowest BCUT2D eigenvalue weighted by Gasteiger charge is -2.06. The van der Waals surface area contributed by atoms with E-state index in [4.69, 9.17) is 5.73 Å². The third-order valence-electron chi connectivity index (χ3n) is 2.24. The molecular formula is C12H15N3O4. The third-order valence-corrected chi connectivity index (χ3v) is 2.24. The van der Waals surface area contributed by atoms with Gasteiger partial charge in [-0.1, -0.05) is 0 Å². The number of esters is 1. The summed E-state index contributed by atoms with van der Waals surface area (Å²) in [6, 6.07) is 6.28. The van der Waals surface area contributed by atoms with Gasteiger partial charge >= 0.3 is 5.97 Å². The molecule has 4 N–H and O–H groups in total. The second-order valence-corrected chi connectivity index (χ2v) is 3.66. The highest BCUT2D eigenvalue weighted by Crippen LogP contribution is 2.04. The summed E-state index contributed by atoms with van der Waals surface area (Å²) in [4.78, 5) is 33.7. The lowest BCUT2D eigenvalue weighted by molar-refractivity contribution is -0.141. The molecule has 7 nitrogen and oxygen atoms in total. The summed E-state index contributed by atoms with van der Waals surface area (Å²) < 4.78 is 4.35. The van der Waals surface area contributed by atoms with Gasteiger partial charge in [0.2, 0.25) is 5.91 Å². The average molecular weight is 265 g/mol. The SMILES string of the molecule is COC(=O)CNC(=O)CNC(=O)c1ccc(N)cc1. The van der Waals surface area contributed by atoms with Gasteiger partial charge in [-0.25, -0.2) is 0 Å². The number of amides is 2. The molecule has 102 valence electrons. The average Bonchev–Trinajstić information content (AvgIpc) is 2.42. The first kappa shape index (κ1) is 14.5. The van der Waals surface area contributed by atoms with Crippen LogP contribution in [0.1, 0.15) is 10.4 Å². The molecule has 0 atom stereocenters. The van der Waals surface area contributed by atoms with Crippen LogP contribution in [0.15, 0.2) is 24.3 Å². The molecule has 0 aliphatic rings. The highest BCUT2D eigenvalue weighted by molar-refractivity contribution is 5.96. The van der Waals surface area contributed by atoms with Crippen LogP contribution in [-0.4, -0.2) is 38.0 Å². The van der Waals surface area contributed by atoms with Crippen LogP contribution < -0.4 is 16.4 Å². The number of benzene rings is 1. The second kappa shape index (κ2) is 7.00. The van der Waals surface area contributed by atoms with Crippen molar-refractivity contribution in [2.45, 2.75) is 0 Å². The molecular weight excluding hydrogens is 250 g/mol. The fraction of sp³-hybridized carbons (Fsp3) is 0.250. The minimum Gasteiger partial charge on any atom is -0.468 e. The molecule has 0 saturated heterocycles. The van der Waals surface area contributed by atoms with Gasteiger partial charge in [0.05, 0.1) is 13.7 Å². The zero-order valence-electron chi connectivity index (χ0n) is 10.4. The molecule has 0 heterocycles. The van der Waals surface area contributed by atoms with E-state index in [9.17, 15) is 14.4 Å². The standard InChI is InChI=1S/C12H15N3O4/c1-19-11(17)7-14-10(16)6-15-12(18)8-2-4-9(13)5-3-8/h2-5H,6-7,13H2,1H3,(H,14,16)(H,15,18). The molecule has 0 aliphatic carbocycles. The van der Waals surface area contributed by atoms with Crippen molar-refractivity contribution < 1.29 is 19.1 Å². The first-order valence-electron chi connectivity index (χ1n) is 5.50. The van der Waals surface area contributed by atoms with Crippen molar-refractivity contribution >= 4 is 23.5 Å². The van der Waals surface area contributed by atoms with Gasteiger partial charge in [0.25, 0.3) is 5.91 Å². The van der Waals surface area contributed by atoms with E-state index in [1.54, 1.807) is 24.3 Å². The molecule has 0 unspecified atom stereocenters. The normalized spacial score (nSPS) is 9.53. The number of rotatable bonds is 5. The van der Waals surface area contributed by atoms with Gasteiger partial charge in [0, 0.05) is 11.3 Å². The smallest absolute Gasteiger partial charge is 0.325 e. The van der Waals surface area contributed by atoms with Crippen molar-refractivity contribution in [2.75, 3.05) is 25.9 Å². The number of hydrogen-bond acceptors (Lipinski definition) is 5. The van der Waals surface area contributed by atoms with Gasteiger partial charge in [0.15, 0.2) is 0 Å². The Morgan fingerprint density at radius 1 is 1.11 bits per heavy atom. The first-order valence-corrected chi connectivity index (χ1v) is 5.50. The van der Waals surface area contributed by atoms with Gasteiger partial charge in [-0.2, -0.15) is 0 Å². The number of nitrogens with two attached hydrogens (primary N) is 1.